The topological polar surface area (TPSA) is 42.4 Å². The first-order valence-electron chi connectivity index (χ1n) is 7.05. The molecule has 0 bridgehead atoms. The number of para-hydroxylation sites is 2. The van der Waals surface area contributed by atoms with Gasteiger partial charge in [-0.1, -0.05) is 30.3 Å². The third-order valence-electron chi connectivity index (χ3n) is 3.92. The van der Waals surface area contributed by atoms with Crippen LogP contribution in [-0.2, 0) is 6.42 Å². The summed E-state index contributed by atoms with van der Waals surface area (Å²) in [5.41, 5.74) is 2.11. The lowest BCUT2D eigenvalue weighted by molar-refractivity contribution is 0.129. The maximum atomic E-state index is 10.6. The van der Waals surface area contributed by atoms with Crippen LogP contribution < -0.4 is 4.74 Å². The van der Waals surface area contributed by atoms with E-state index in [-0.39, 0.29) is 5.92 Å². The molecule has 0 amide bonds. The van der Waals surface area contributed by atoms with E-state index in [2.05, 4.69) is 11.1 Å². The fourth-order valence-corrected chi connectivity index (χ4v) is 3.85. The van der Waals surface area contributed by atoms with E-state index in [4.69, 9.17) is 4.74 Å². The van der Waals surface area contributed by atoms with Crippen molar-refractivity contribution in [2.24, 2.45) is 0 Å². The van der Waals surface area contributed by atoms with Crippen LogP contribution in [0.4, 0.5) is 0 Å². The molecular weight excluding hydrogens is 282 g/mol. The van der Waals surface area contributed by atoms with E-state index < -0.39 is 6.10 Å². The van der Waals surface area contributed by atoms with Gasteiger partial charge in [-0.2, -0.15) is 0 Å². The molecule has 0 radical (unpaired) electrons. The Morgan fingerprint density at radius 3 is 2.90 bits per heavy atom. The zero-order chi connectivity index (χ0) is 14.2. The maximum absolute atomic E-state index is 10.6. The molecule has 0 saturated carbocycles. The zero-order valence-corrected chi connectivity index (χ0v) is 12.2. The van der Waals surface area contributed by atoms with Crippen LogP contribution in [0.3, 0.4) is 0 Å². The number of thiazole rings is 1. The predicted molar refractivity (Wildman–Crippen MR) is 84.0 cm³/mol. The molecule has 106 valence electrons. The Balaban J connectivity index is 1.57. The second-order valence-corrected chi connectivity index (χ2v) is 6.42. The number of aliphatic hydroxyl groups excluding tert-OH is 1. The number of aliphatic hydroxyl groups is 1. The summed E-state index contributed by atoms with van der Waals surface area (Å²) in [4.78, 5) is 4.60. The van der Waals surface area contributed by atoms with Gasteiger partial charge in [0.05, 0.1) is 27.9 Å². The van der Waals surface area contributed by atoms with Crippen LogP contribution in [-0.4, -0.2) is 22.8 Å². The van der Waals surface area contributed by atoms with Gasteiger partial charge in [0.15, 0.2) is 0 Å². The molecule has 0 fully saturated rings. The van der Waals surface area contributed by atoms with Crippen molar-refractivity contribution in [1.82, 2.24) is 4.98 Å². The van der Waals surface area contributed by atoms with Gasteiger partial charge >= 0.3 is 0 Å². The van der Waals surface area contributed by atoms with Crippen molar-refractivity contribution in [3.63, 3.8) is 0 Å². The Morgan fingerprint density at radius 2 is 2.00 bits per heavy atom. The normalized spacial score (nSPS) is 18.4. The van der Waals surface area contributed by atoms with E-state index in [9.17, 15) is 5.11 Å². The van der Waals surface area contributed by atoms with Gasteiger partial charge in [-0.15, -0.1) is 11.3 Å². The Hall–Kier alpha value is -1.91. The highest BCUT2D eigenvalue weighted by atomic mass is 32.1. The monoisotopic (exact) mass is 297 g/mol. The Morgan fingerprint density at radius 1 is 1.19 bits per heavy atom. The van der Waals surface area contributed by atoms with Gasteiger partial charge in [0, 0.05) is 17.9 Å². The summed E-state index contributed by atoms with van der Waals surface area (Å²) in [6.45, 7) is 0.547. The number of benzene rings is 2. The minimum Gasteiger partial charge on any atom is -0.493 e. The average molecular weight is 297 g/mol. The van der Waals surface area contributed by atoms with Crippen LogP contribution in [0.2, 0.25) is 0 Å². The van der Waals surface area contributed by atoms with Crippen molar-refractivity contribution in [2.45, 2.75) is 18.4 Å². The summed E-state index contributed by atoms with van der Waals surface area (Å²) in [5.74, 6) is 0.930. The van der Waals surface area contributed by atoms with Crippen molar-refractivity contribution < 1.29 is 9.84 Å². The third kappa shape index (κ3) is 2.30. The molecular formula is C17H15NO2S. The van der Waals surface area contributed by atoms with Gasteiger partial charge in [-0.05, 0) is 18.2 Å². The second-order valence-electron chi connectivity index (χ2n) is 5.30. The SMILES string of the molecule is OC(Cc1nc2ccccc2s1)C1COc2ccccc21. The molecule has 1 aliphatic rings. The van der Waals surface area contributed by atoms with Crippen LogP contribution in [0.15, 0.2) is 48.5 Å². The minimum absolute atomic E-state index is 0.0354. The number of aromatic nitrogens is 1. The highest BCUT2D eigenvalue weighted by Crippen LogP contribution is 2.36. The molecule has 2 atom stereocenters. The molecule has 4 rings (SSSR count). The first kappa shape index (κ1) is 12.8. The molecule has 2 unspecified atom stereocenters. The van der Waals surface area contributed by atoms with Gasteiger partial charge < -0.3 is 9.84 Å². The Kier molecular flexibility index (Phi) is 3.13. The molecule has 3 aromatic rings. The van der Waals surface area contributed by atoms with E-state index in [0.717, 1.165) is 21.8 Å². The molecule has 0 spiro atoms. The quantitative estimate of drug-likeness (QED) is 0.806. The fraction of sp³-hybridized carbons (Fsp3) is 0.235. The number of nitrogens with zero attached hydrogens (tertiary/aromatic N) is 1. The first-order valence-corrected chi connectivity index (χ1v) is 7.87. The van der Waals surface area contributed by atoms with E-state index >= 15 is 0 Å². The summed E-state index contributed by atoms with van der Waals surface area (Å²) in [7, 11) is 0. The van der Waals surface area contributed by atoms with Crippen molar-refractivity contribution in [3.05, 3.63) is 59.1 Å². The highest BCUT2D eigenvalue weighted by molar-refractivity contribution is 7.18. The van der Waals surface area contributed by atoms with Gasteiger partial charge in [-0.3, -0.25) is 0 Å². The number of rotatable bonds is 3. The standard InChI is InChI=1S/C17H15NO2S/c19-14(12-10-20-15-7-3-1-5-11(12)15)9-17-18-13-6-2-4-8-16(13)21-17/h1-8,12,14,19H,9-10H2. The molecule has 1 aromatic heterocycles. The number of fused-ring (bicyclic) bond motifs is 2. The minimum atomic E-state index is -0.464. The number of hydrogen-bond donors (Lipinski definition) is 1. The zero-order valence-electron chi connectivity index (χ0n) is 11.4. The molecule has 4 heteroatoms. The Bertz CT molecular complexity index is 750. The summed E-state index contributed by atoms with van der Waals surface area (Å²) >= 11 is 1.65. The third-order valence-corrected chi connectivity index (χ3v) is 4.98. The molecule has 21 heavy (non-hydrogen) atoms. The van der Waals surface area contributed by atoms with E-state index in [1.54, 1.807) is 11.3 Å². The van der Waals surface area contributed by atoms with Gasteiger partial charge in [0.25, 0.3) is 0 Å². The van der Waals surface area contributed by atoms with Crippen LogP contribution >= 0.6 is 11.3 Å². The average Bonchev–Trinajstić information content (AvgIpc) is 3.10. The van der Waals surface area contributed by atoms with Gasteiger partial charge in [-0.25, -0.2) is 4.98 Å². The molecule has 1 aliphatic heterocycles. The van der Waals surface area contributed by atoms with Gasteiger partial charge in [0.1, 0.15) is 5.75 Å². The molecule has 2 aromatic carbocycles. The smallest absolute Gasteiger partial charge is 0.123 e. The van der Waals surface area contributed by atoms with Crippen molar-refractivity contribution in [1.29, 1.82) is 0 Å². The predicted octanol–water partition coefficient (Wildman–Crippen LogP) is 3.38. The van der Waals surface area contributed by atoms with Gasteiger partial charge in [0.2, 0.25) is 0 Å². The summed E-state index contributed by atoms with van der Waals surface area (Å²) in [5, 5.41) is 11.5. The lowest BCUT2D eigenvalue weighted by Crippen LogP contribution is -2.22. The Labute approximate surface area is 126 Å². The highest BCUT2D eigenvalue weighted by Gasteiger charge is 2.30. The van der Waals surface area contributed by atoms with Crippen LogP contribution in [0.25, 0.3) is 10.2 Å². The van der Waals surface area contributed by atoms with Crippen molar-refractivity contribution >= 4 is 21.6 Å². The van der Waals surface area contributed by atoms with Crippen LogP contribution in [0.1, 0.15) is 16.5 Å². The largest absolute Gasteiger partial charge is 0.493 e. The second kappa shape index (κ2) is 5.13. The lowest BCUT2D eigenvalue weighted by atomic mass is 9.94. The number of ether oxygens (including phenoxy) is 1. The molecule has 0 saturated heterocycles. The first-order chi connectivity index (χ1) is 10.3. The lowest BCUT2D eigenvalue weighted by Gasteiger charge is -2.15. The van der Waals surface area contributed by atoms with E-state index in [0.29, 0.717) is 13.0 Å². The number of hydrogen-bond acceptors (Lipinski definition) is 4. The summed E-state index contributed by atoms with van der Waals surface area (Å²) in [6.07, 6.45) is 0.107. The van der Waals surface area contributed by atoms with E-state index in [1.165, 1.54) is 4.70 Å². The molecule has 0 aliphatic carbocycles. The van der Waals surface area contributed by atoms with Crippen molar-refractivity contribution in [3.8, 4) is 5.75 Å². The molecule has 1 N–H and O–H groups in total. The maximum Gasteiger partial charge on any atom is 0.123 e. The van der Waals surface area contributed by atoms with E-state index in [1.807, 2.05) is 42.5 Å². The molecule has 3 nitrogen and oxygen atoms in total. The van der Waals surface area contributed by atoms with Crippen molar-refractivity contribution in [2.75, 3.05) is 6.61 Å². The summed E-state index contributed by atoms with van der Waals surface area (Å²) < 4.78 is 6.82. The van der Waals surface area contributed by atoms with Crippen LogP contribution in [0.5, 0.6) is 5.75 Å². The van der Waals surface area contributed by atoms with Crippen LogP contribution in [0, 0.1) is 0 Å². The molecule has 2 heterocycles. The summed E-state index contributed by atoms with van der Waals surface area (Å²) in [6, 6.07) is 16.0. The fourth-order valence-electron chi connectivity index (χ4n) is 2.83.